The highest BCUT2D eigenvalue weighted by Gasteiger charge is 2.24. The Morgan fingerprint density at radius 3 is 2.65 bits per heavy atom. The second-order valence-electron chi connectivity index (χ2n) is 6.43. The zero-order chi connectivity index (χ0) is 17.0. The fourth-order valence-electron chi connectivity index (χ4n) is 3.07. The van der Waals surface area contributed by atoms with Crippen molar-refractivity contribution in [3.63, 3.8) is 0 Å². The molecule has 1 aliphatic rings. The van der Waals surface area contributed by atoms with Crippen LogP contribution in [0.1, 0.15) is 32.4 Å². The average molecular weight is 345 g/mol. The van der Waals surface area contributed by atoms with E-state index >= 15 is 0 Å². The van der Waals surface area contributed by atoms with Crippen molar-refractivity contribution in [3.05, 3.63) is 34.6 Å². The maximum atomic E-state index is 13.1. The van der Waals surface area contributed by atoms with Gasteiger partial charge in [-0.2, -0.15) is 0 Å². The Labute approximate surface area is 142 Å². The number of hydrogen-bond acceptors (Lipinski definition) is 4. The van der Waals surface area contributed by atoms with E-state index in [2.05, 4.69) is 10.2 Å². The van der Waals surface area contributed by atoms with Crippen LogP contribution in [-0.2, 0) is 4.74 Å². The summed E-state index contributed by atoms with van der Waals surface area (Å²) in [6, 6.07) is 4.32. The molecule has 1 heterocycles. The van der Waals surface area contributed by atoms with Gasteiger partial charge in [-0.3, -0.25) is 4.90 Å². The Kier molecular flexibility index (Phi) is 6.80. The fraction of sp³-hybridized carbons (Fsp3) is 0.647. The molecule has 4 unspecified atom stereocenters. The molecule has 130 valence electrons. The summed E-state index contributed by atoms with van der Waals surface area (Å²) in [5.74, 6) is -0.346. The molecular formula is C17H26ClFN2O2. The summed E-state index contributed by atoms with van der Waals surface area (Å²) in [5.41, 5.74) is 0.828. The maximum absolute atomic E-state index is 13.1. The molecule has 0 saturated carbocycles. The summed E-state index contributed by atoms with van der Waals surface area (Å²) in [6.45, 7) is 8.77. The second-order valence-corrected chi connectivity index (χ2v) is 6.83. The molecule has 1 aliphatic heterocycles. The van der Waals surface area contributed by atoms with Crippen LogP contribution in [0.4, 0.5) is 4.39 Å². The summed E-state index contributed by atoms with van der Waals surface area (Å²) in [4.78, 5) is 2.22. The van der Waals surface area contributed by atoms with Crippen molar-refractivity contribution in [1.82, 2.24) is 10.2 Å². The molecule has 2 N–H and O–H groups in total. The van der Waals surface area contributed by atoms with Gasteiger partial charge in [-0.05, 0) is 38.5 Å². The molecule has 4 atom stereocenters. The van der Waals surface area contributed by atoms with Gasteiger partial charge in [-0.15, -0.1) is 0 Å². The standard InChI is InChI=1S/C17H26ClFN2O2/c1-11-8-21(9-12(2)23-11)10-15(22)7-20-13(3)16-5-4-14(19)6-17(16)18/h4-6,11-13,15,20,22H,7-10H2,1-3H3. The van der Waals surface area contributed by atoms with Crippen LogP contribution in [0.2, 0.25) is 5.02 Å². The smallest absolute Gasteiger partial charge is 0.124 e. The normalized spacial score (nSPS) is 25.3. The Morgan fingerprint density at radius 2 is 2.04 bits per heavy atom. The molecule has 23 heavy (non-hydrogen) atoms. The molecule has 1 saturated heterocycles. The summed E-state index contributed by atoms with van der Waals surface area (Å²) >= 11 is 6.06. The number of morpholine rings is 1. The fourth-order valence-corrected chi connectivity index (χ4v) is 3.40. The third kappa shape index (κ3) is 5.69. The Bertz CT molecular complexity index is 507. The molecule has 0 aromatic heterocycles. The molecule has 1 fully saturated rings. The van der Waals surface area contributed by atoms with Gasteiger partial charge in [-0.1, -0.05) is 17.7 Å². The molecule has 2 rings (SSSR count). The van der Waals surface area contributed by atoms with Gasteiger partial charge in [0.2, 0.25) is 0 Å². The number of benzene rings is 1. The predicted octanol–water partition coefficient (Wildman–Crippen LogP) is 2.60. The van der Waals surface area contributed by atoms with Gasteiger partial charge in [0.1, 0.15) is 5.82 Å². The molecule has 0 radical (unpaired) electrons. The number of nitrogens with one attached hydrogen (secondary N) is 1. The minimum absolute atomic E-state index is 0.0553. The Morgan fingerprint density at radius 1 is 1.39 bits per heavy atom. The summed E-state index contributed by atoms with van der Waals surface area (Å²) in [7, 11) is 0. The van der Waals surface area contributed by atoms with Crippen molar-refractivity contribution < 1.29 is 14.2 Å². The first-order valence-corrected chi connectivity index (χ1v) is 8.47. The first-order valence-electron chi connectivity index (χ1n) is 8.09. The Hall–Kier alpha value is -0.720. The minimum atomic E-state index is -0.478. The third-order valence-corrected chi connectivity index (χ3v) is 4.38. The third-order valence-electron chi connectivity index (χ3n) is 4.05. The SMILES string of the molecule is CC1CN(CC(O)CNC(C)c2ccc(F)cc2Cl)CC(C)O1. The van der Waals surface area contributed by atoms with Crippen molar-refractivity contribution in [2.24, 2.45) is 0 Å². The molecule has 4 nitrogen and oxygen atoms in total. The maximum Gasteiger partial charge on any atom is 0.124 e. The minimum Gasteiger partial charge on any atom is -0.390 e. The number of nitrogens with zero attached hydrogens (tertiary/aromatic N) is 1. The van der Waals surface area contributed by atoms with E-state index in [0.29, 0.717) is 18.1 Å². The van der Waals surface area contributed by atoms with Crippen LogP contribution in [0.5, 0.6) is 0 Å². The quantitative estimate of drug-likeness (QED) is 0.832. The van der Waals surface area contributed by atoms with E-state index in [1.54, 1.807) is 6.07 Å². The van der Waals surface area contributed by atoms with Crippen molar-refractivity contribution in [1.29, 1.82) is 0 Å². The molecular weight excluding hydrogens is 319 g/mol. The largest absolute Gasteiger partial charge is 0.390 e. The van der Waals surface area contributed by atoms with E-state index in [1.165, 1.54) is 12.1 Å². The van der Waals surface area contributed by atoms with Crippen LogP contribution in [0, 0.1) is 5.82 Å². The van der Waals surface area contributed by atoms with E-state index in [9.17, 15) is 9.50 Å². The number of hydrogen-bond donors (Lipinski definition) is 2. The lowest BCUT2D eigenvalue weighted by atomic mass is 10.1. The summed E-state index contributed by atoms with van der Waals surface area (Å²) in [6.07, 6.45) is -0.0964. The lowest BCUT2D eigenvalue weighted by Gasteiger charge is -2.36. The molecule has 1 aromatic carbocycles. The zero-order valence-corrected chi connectivity index (χ0v) is 14.7. The number of β-amino-alcohol motifs (C(OH)–C–C–N with tert-alkyl or cyclic N) is 1. The van der Waals surface area contributed by atoms with Gasteiger partial charge in [0, 0.05) is 37.2 Å². The lowest BCUT2D eigenvalue weighted by molar-refractivity contribution is -0.0763. The molecule has 0 aliphatic carbocycles. The lowest BCUT2D eigenvalue weighted by Crippen LogP contribution is -2.49. The number of rotatable bonds is 6. The van der Waals surface area contributed by atoms with E-state index < -0.39 is 6.10 Å². The van der Waals surface area contributed by atoms with Crippen molar-refractivity contribution >= 4 is 11.6 Å². The zero-order valence-electron chi connectivity index (χ0n) is 13.9. The van der Waals surface area contributed by atoms with Crippen LogP contribution in [0.15, 0.2) is 18.2 Å². The topological polar surface area (TPSA) is 44.7 Å². The molecule has 6 heteroatoms. The molecule has 0 bridgehead atoms. The Balaban J connectivity index is 1.80. The van der Waals surface area contributed by atoms with E-state index in [0.717, 1.165) is 18.7 Å². The van der Waals surface area contributed by atoms with E-state index in [-0.39, 0.29) is 24.1 Å². The van der Waals surface area contributed by atoms with Gasteiger partial charge in [-0.25, -0.2) is 4.39 Å². The van der Waals surface area contributed by atoms with Crippen molar-refractivity contribution in [3.8, 4) is 0 Å². The van der Waals surface area contributed by atoms with Gasteiger partial charge >= 0.3 is 0 Å². The van der Waals surface area contributed by atoms with Gasteiger partial charge in [0.05, 0.1) is 18.3 Å². The second kappa shape index (κ2) is 8.40. The van der Waals surface area contributed by atoms with E-state index in [4.69, 9.17) is 16.3 Å². The number of aliphatic hydroxyl groups excluding tert-OH is 1. The predicted molar refractivity (Wildman–Crippen MR) is 90.3 cm³/mol. The number of ether oxygens (including phenoxy) is 1. The first kappa shape index (κ1) is 18.6. The summed E-state index contributed by atoms with van der Waals surface area (Å²) in [5, 5.41) is 13.9. The first-order chi connectivity index (χ1) is 10.8. The van der Waals surface area contributed by atoms with Gasteiger partial charge in [0.15, 0.2) is 0 Å². The average Bonchev–Trinajstić information content (AvgIpc) is 2.43. The molecule has 0 amide bonds. The van der Waals surface area contributed by atoms with Crippen LogP contribution in [-0.4, -0.2) is 54.5 Å². The van der Waals surface area contributed by atoms with Crippen LogP contribution in [0.3, 0.4) is 0 Å². The van der Waals surface area contributed by atoms with Crippen LogP contribution in [0.25, 0.3) is 0 Å². The number of aliphatic hydroxyl groups is 1. The van der Waals surface area contributed by atoms with E-state index in [1.807, 2.05) is 20.8 Å². The van der Waals surface area contributed by atoms with Gasteiger partial charge in [0.25, 0.3) is 0 Å². The monoisotopic (exact) mass is 344 g/mol. The number of halogens is 2. The van der Waals surface area contributed by atoms with Crippen LogP contribution < -0.4 is 5.32 Å². The highest BCUT2D eigenvalue weighted by molar-refractivity contribution is 6.31. The highest BCUT2D eigenvalue weighted by Crippen LogP contribution is 2.23. The molecule has 0 spiro atoms. The molecule has 1 aromatic rings. The highest BCUT2D eigenvalue weighted by atomic mass is 35.5. The van der Waals surface area contributed by atoms with Crippen molar-refractivity contribution in [2.45, 2.75) is 45.1 Å². The van der Waals surface area contributed by atoms with Crippen LogP contribution >= 0.6 is 11.6 Å². The summed E-state index contributed by atoms with van der Waals surface area (Å²) < 4.78 is 18.8. The van der Waals surface area contributed by atoms with Gasteiger partial charge < -0.3 is 15.2 Å². The van der Waals surface area contributed by atoms with Crippen molar-refractivity contribution in [2.75, 3.05) is 26.2 Å².